The number of carbonyl (C=O) groups is 1. The van der Waals surface area contributed by atoms with Crippen LogP contribution in [0.15, 0.2) is 12.3 Å². The summed E-state index contributed by atoms with van der Waals surface area (Å²) in [6.07, 6.45) is 2.16. The van der Waals surface area contributed by atoms with Crippen LogP contribution in [0.3, 0.4) is 0 Å². The molecule has 0 fully saturated rings. The number of H-pyrrole nitrogens is 1. The highest BCUT2D eigenvalue weighted by molar-refractivity contribution is 5.93. The van der Waals surface area contributed by atoms with Gasteiger partial charge >= 0.3 is 5.97 Å². The van der Waals surface area contributed by atoms with E-state index in [1.54, 1.807) is 12.3 Å². The Bertz CT molecular complexity index is 490. The number of fused-ring (bicyclic) bond motifs is 1. The van der Waals surface area contributed by atoms with Gasteiger partial charge in [0.15, 0.2) is 5.65 Å². The van der Waals surface area contributed by atoms with Crippen molar-refractivity contribution in [2.75, 3.05) is 0 Å². The fraction of sp³-hybridized carbons (Fsp3) is 0.222. The number of carboxylic acids is 1. The highest BCUT2D eigenvalue weighted by atomic mass is 16.4. The molecule has 5 nitrogen and oxygen atoms in total. The molecule has 2 rings (SSSR count). The van der Waals surface area contributed by atoms with Gasteiger partial charge in [-0.25, -0.2) is 9.78 Å². The lowest BCUT2D eigenvalue weighted by molar-refractivity contribution is 0.0695. The summed E-state index contributed by atoms with van der Waals surface area (Å²) >= 11 is 0. The third kappa shape index (κ3) is 1.22. The number of pyridine rings is 1. The molecule has 2 aromatic rings. The second-order valence-electron chi connectivity index (χ2n) is 2.95. The van der Waals surface area contributed by atoms with Crippen molar-refractivity contribution in [3.63, 3.8) is 0 Å². The first kappa shape index (κ1) is 8.68. The van der Waals surface area contributed by atoms with E-state index in [4.69, 9.17) is 5.11 Å². The van der Waals surface area contributed by atoms with Gasteiger partial charge in [-0.3, -0.25) is 5.10 Å². The zero-order valence-electron chi connectivity index (χ0n) is 7.61. The number of aromatic carboxylic acids is 1. The molecule has 0 amide bonds. The molecule has 0 radical (unpaired) electrons. The number of hydrogen-bond donors (Lipinski definition) is 2. The van der Waals surface area contributed by atoms with Crippen molar-refractivity contribution in [2.24, 2.45) is 0 Å². The van der Waals surface area contributed by atoms with Gasteiger partial charge in [0.1, 0.15) is 0 Å². The first-order valence-corrected chi connectivity index (χ1v) is 4.28. The van der Waals surface area contributed by atoms with Crippen molar-refractivity contribution in [2.45, 2.75) is 13.3 Å². The molecule has 72 valence electrons. The summed E-state index contributed by atoms with van der Waals surface area (Å²) in [5.74, 6) is -0.947. The van der Waals surface area contributed by atoms with Gasteiger partial charge in [0.05, 0.1) is 17.5 Å². The fourth-order valence-electron chi connectivity index (χ4n) is 1.37. The molecule has 0 aliphatic heterocycles. The van der Waals surface area contributed by atoms with Crippen molar-refractivity contribution in [3.05, 3.63) is 23.5 Å². The van der Waals surface area contributed by atoms with Crippen LogP contribution >= 0.6 is 0 Å². The van der Waals surface area contributed by atoms with E-state index >= 15 is 0 Å². The van der Waals surface area contributed by atoms with Crippen LogP contribution < -0.4 is 0 Å². The summed E-state index contributed by atoms with van der Waals surface area (Å²) < 4.78 is 0. The van der Waals surface area contributed by atoms with Crippen LogP contribution in [0.4, 0.5) is 0 Å². The minimum atomic E-state index is -0.947. The van der Waals surface area contributed by atoms with E-state index in [0.717, 1.165) is 5.39 Å². The second kappa shape index (κ2) is 3.10. The predicted octanol–water partition coefficient (Wildman–Crippen LogP) is 1.22. The molecule has 2 aromatic heterocycles. The number of hydrogen-bond acceptors (Lipinski definition) is 3. The minimum absolute atomic E-state index is 0.251. The van der Waals surface area contributed by atoms with Crippen LogP contribution in [0.1, 0.15) is 23.0 Å². The maximum atomic E-state index is 10.9. The maximum Gasteiger partial charge on any atom is 0.337 e. The molecule has 0 bridgehead atoms. The van der Waals surface area contributed by atoms with Crippen LogP contribution in [0.25, 0.3) is 11.0 Å². The number of rotatable bonds is 2. The van der Waals surface area contributed by atoms with E-state index in [1.807, 2.05) is 6.92 Å². The number of aryl methyl sites for hydroxylation is 1. The van der Waals surface area contributed by atoms with Crippen LogP contribution in [0, 0.1) is 0 Å². The Morgan fingerprint density at radius 3 is 3.07 bits per heavy atom. The van der Waals surface area contributed by atoms with Crippen molar-refractivity contribution >= 4 is 17.0 Å². The third-order valence-corrected chi connectivity index (χ3v) is 2.07. The summed E-state index contributed by atoms with van der Waals surface area (Å²) in [5, 5.41) is 16.1. The van der Waals surface area contributed by atoms with Crippen LogP contribution in [-0.4, -0.2) is 26.3 Å². The van der Waals surface area contributed by atoms with Gasteiger partial charge in [-0.2, -0.15) is 5.10 Å². The van der Waals surface area contributed by atoms with E-state index in [1.165, 1.54) is 0 Å². The molecule has 0 saturated heterocycles. The molecule has 0 unspecified atom stereocenters. The molecule has 2 N–H and O–H groups in total. The quantitative estimate of drug-likeness (QED) is 0.747. The number of aromatic amines is 1. The van der Waals surface area contributed by atoms with Gasteiger partial charge in [0.2, 0.25) is 0 Å². The standard InChI is InChI=1S/C9H9N3O2/c1-2-7-6(9(13)14)3-5-4-10-12-8(5)11-7/h3-4H,2H2,1H3,(H,13,14)(H,10,11,12). The Morgan fingerprint density at radius 2 is 2.43 bits per heavy atom. The Kier molecular flexibility index (Phi) is 1.92. The first-order chi connectivity index (χ1) is 6.72. The average molecular weight is 191 g/mol. The summed E-state index contributed by atoms with van der Waals surface area (Å²) in [6, 6.07) is 1.59. The lowest BCUT2D eigenvalue weighted by atomic mass is 10.1. The lowest BCUT2D eigenvalue weighted by Crippen LogP contribution is -2.04. The van der Waals surface area contributed by atoms with Gasteiger partial charge < -0.3 is 5.11 Å². The molecule has 14 heavy (non-hydrogen) atoms. The molecule has 0 atom stereocenters. The monoisotopic (exact) mass is 191 g/mol. The highest BCUT2D eigenvalue weighted by Crippen LogP contribution is 2.14. The number of carboxylic acid groups (broad SMARTS) is 1. The van der Waals surface area contributed by atoms with Crippen molar-refractivity contribution in [1.29, 1.82) is 0 Å². The largest absolute Gasteiger partial charge is 0.478 e. The van der Waals surface area contributed by atoms with Crippen LogP contribution in [-0.2, 0) is 6.42 Å². The van der Waals surface area contributed by atoms with Gasteiger partial charge in [0, 0.05) is 5.39 Å². The van der Waals surface area contributed by atoms with Crippen LogP contribution in [0.2, 0.25) is 0 Å². The molecular formula is C9H9N3O2. The molecule has 0 saturated carbocycles. The van der Waals surface area contributed by atoms with Gasteiger partial charge in [0.25, 0.3) is 0 Å². The van der Waals surface area contributed by atoms with E-state index < -0.39 is 5.97 Å². The molecule has 0 aliphatic rings. The van der Waals surface area contributed by atoms with Gasteiger partial charge in [-0.15, -0.1) is 0 Å². The van der Waals surface area contributed by atoms with Crippen molar-refractivity contribution in [1.82, 2.24) is 15.2 Å². The van der Waals surface area contributed by atoms with E-state index in [0.29, 0.717) is 17.8 Å². The molecular weight excluding hydrogens is 182 g/mol. The SMILES string of the molecule is CCc1nc2[nH]ncc2cc1C(=O)O. The molecule has 2 heterocycles. The van der Waals surface area contributed by atoms with Gasteiger partial charge in [-0.1, -0.05) is 6.92 Å². The maximum absolute atomic E-state index is 10.9. The van der Waals surface area contributed by atoms with E-state index in [9.17, 15) is 4.79 Å². The lowest BCUT2D eigenvalue weighted by Gasteiger charge is -2.01. The van der Waals surface area contributed by atoms with Crippen LogP contribution in [0.5, 0.6) is 0 Å². The number of nitrogens with zero attached hydrogens (tertiary/aromatic N) is 2. The Balaban J connectivity index is 2.72. The summed E-state index contributed by atoms with van der Waals surface area (Å²) in [6.45, 7) is 1.87. The van der Waals surface area contributed by atoms with Gasteiger partial charge in [-0.05, 0) is 12.5 Å². The number of nitrogens with one attached hydrogen (secondary N) is 1. The molecule has 5 heteroatoms. The molecule has 0 aliphatic carbocycles. The summed E-state index contributed by atoms with van der Waals surface area (Å²) in [7, 11) is 0. The minimum Gasteiger partial charge on any atom is -0.478 e. The molecule has 0 aromatic carbocycles. The first-order valence-electron chi connectivity index (χ1n) is 4.28. The third-order valence-electron chi connectivity index (χ3n) is 2.07. The highest BCUT2D eigenvalue weighted by Gasteiger charge is 2.12. The number of aromatic nitrogens is 3. The summed E-state index contributed by atoms with van der Waals surface area (Å²) in [4.78, 5) is 15.1. The van der Waals surface area contributed by atoms with Crippen molar-refractivity contribution in [3.8, 4) is 0 Å². The van der Waals surface area contributed by atoms with E-state index in [2.05, 4.69) is 15.2 Å². The summed E-state index contributed by atoms with van der Waals surface area (Å²) in [5.41, 5.74) is 1.46. The Labute approximate surface area is 79.8 Å². The van der Waals surface area contributed by atoms with Crippen molar-refractivity contribution < 1.29 is 9.90 Å². The van der Waals surface area contributed by atoms with E-state index in [-0.39, 0.29) is 5.56 Å². The normalized spacial score (nSPS) is 10.6. The predicted molar refractivity (Wildman–Crippen MR) is 50.2 cm³/mol. The Morgan fingerprint density at radius 1 is 1.64 bits per heavy atom. The second-order valence-corrected chi connectivity index (χ2v) is 2.95. The zero-order chi connectivity index (χ0) is 10.1. The smallest absolute Gasteiger partial charge is 0.337 e. The zero-order valence-corrected chi connectivity index (χ0v) is 7.61. The topological polar surface area (TPSA) is 78.9 Å². The Hall–Kier alpha value is -1.91. The molecule has 0 spiro atoms. The fourth-order valence-corrected chi connectivity index (χ4v) is 1.37. The average Bonchev–Trinajstić information content (AvgIpc) is 2.62.